The van der Waals surface area contributed by atoms with Crippen LogP contribution in [0.5, 0.6) is 0 Å². The Kier molecular flexibility index (Phi) is 6.31. The van der Waals surface area contributed by atoms with Crippen LogP contribution in [-0.2, 0) is 12.7 Å². The Hall–Kier alpha value is -2.91. The van der Waals surface area contributed by atoms with Crippen LogP contribution in [0.2, 0.25) is 0 Å². The van der Waals surface area contributed by atoms with Gasteiger partial charge in [0.15, 0.2) is 0 Å². The van der Waals surface area contributed by atoms with E-state index in [4.69, 9.17) is 4.98 Å². The van der Waals surface area contributed by atoms with E-state index in [0.29, 0.717) is 44.2 Å². The number of hydrogen-bond donors (Lipinski definition) is 2. The molecule has 0 aliphatic carbocycles. The highest BCUT2D eigenvalue weighted by atomic mass is 19.4. The number of nitrogens with one attached hydrogen (secondary N) is 2. The Morgan fingerprint density at radius 2 is 1.71 bits per heavy atom. The number of nitrogens with zero attached hydrogens (tertiary/aromatic N) is 3. The summed E-state index contributed by atoms with van der Waals surface area (Å²) in [5.74, 6) is 1.41. The minimum absolute atomic E-state index is 0.00547. The summed E-state index contributed by atoms with van der Waals surface area (Å²) >= 11 is 0. The highest BCUT2D eigenvalue weighted by Crippen LogP contribution is 2.29. The van der Waals surface area contributed by atoms with Gasteiger partial charge in [-0.2, -0.15) is 13.2 Å². The normalized spacial score (nSPS) is 18.5. The van der Waals surface area contributed by atoms with Gasteiger partial charge in [-0.15, -0.1) is 0 Å². The van der Waals surface area contributed by atoms with Gasteiger partial charge < -0.3 is 15.2 Å². The predicted molar refractivity (Wildman–Crippen MR) is 124 cm³/mol. The van der Waals surface area contributed by atoms with Crippen LogP contribution in [0.4, 0.5) is 13.2 Å². The number of aromatic amines is 1. The number of piperazine rings is 1. The molecular formula is C25H28F3N5O. The van der Waals surface area contributed by atoms with E-state index in [1.165, 1.54) is 12.1 Å². The molecule has 3 aromatic rings. The van der Waals surface area contributed by atoms with Crippen molar-refractivity contribution in [3.8, 4) is 0 Å². The Bertz CT molecular complexity index is 1140. The third kappa shape index (κ3) is 4.95. The molecule has 0 unspecified atom stereocenters. The molecule has 0 atom stereocenters. The highest BCUT2D eigenvalue weighted by molar-refractivity contribution is 5.97. The first kappa shape index (κ1) is 22.9. The molecule has 0 saturated carbocycles. The number of fused-ring (bicyclic) bond motifs is 1. The summed E-state index contributed by atoms with van der Waals surface area (Å²) in [5, 5.41) is 3.37. The molecule has 0 radical (unpaired) electrons. The first-order valence-corrected chi connectivity index (χ1v) is 11.7. The number of alkyl halides is 3. The fourth-order valence-corrected chi connectivity index (χ4v) is 4.80. The molecule has 0 bridgehead atoms. The van der Waals surface area contributed by atoms with Crippen molar-refractivity contribution < 1.29 is 18.0 Å². The van der Waals surface area contributed by atoms with E-state index in [2.05, 4.69) is 15.2 Å². The Morgan fingerprint density at radius 1 is 1.00 bits per heavy atom. The third-order valence-electron chi connectivity index (χ3n) is 6.82. The number of halogens is 3. The first-order chi connectivity index (χ1) is 16.4. The molecule has 34 heavy (non-hydrogen) atoms. The minimum atomic E-state index is -4.32. The van der Waals surface area contributed by atoms with E-state index in [1.54, 1.807) is 0 Å². The maximum absolute atomic E-state index is 13.1. The van der Waals surface area contributed by atoms with Crippen molar-refractivity contribution in [2.45, 2.75) is 31.5 Å². The largest absolute Gasteiger partial charge is 0.416 e. The lowest BCUT2D eigenvalue weighted by Gasteiger charge is -2.34. The summed E-state index contributed by atoms with van der Waals surface area (Å²) in [7, 11) is 0. The van der Waals surface area contributed by atoms with E-state index >= 15 is 0 Å². The average molecular weight is 472 g/mol. The fourth-order valence-electron chi connectivity index (χ4n) is 4.80. The summed E-state index contributed by atoms with van der Waals surface area (Å²) < 4.78 is 38.3. The van der Waals surface area contributed by atoms with Gasteiger partial charge in [-0.05, 0) is 61.8 Å². The van der Waals surface area contributed by atoms with Crippen molar-refractivity contribution >= 4 is 16.9 Å². The second-order valence-corrected chi connectivity index (χ2v) is 9.14. The van der Waals surface area contributed by atoms with Gasteiger partial charge in [0.2, 0.25) is 0 Å². The Labute approximate surface area is 196 Å². The molecule has 3 heterocycles. The lowest BCUT2D eigenvalue weighted by atomic mass is 9.98. The summed E-state index contributed by atoms with van der Waals surface area (Å²) in [6.45, 7) is 5.09. The van der Waals surface area contributed by atoms with Crippen molar-refractivity contribution in [3.05, 3.63) is 65.0 Å². The van der Waals surface area contributed by atoms with Crippen molar-refractivity contribution in [3.63, 3.8) is 0 Å². The molecular weight excluding hydrogens is 443 g/mol. The average Bonchev–Trinajstić information content (AvgIpc) is 3.28. The topological polar surface area (TPSA) is 64.3 Å². The monoisotopic (exact) mass is 471 g/mol. The quantitative estimate of drug-likeness (QED) is 0.604. The molecule has 2 aromatic carbocycles. The summed E-state index contributed by atoms with van der Waals surface area (Å²) in [6.07, 6.45) is -2.20. The molecule has 6 nitrogen and oxygen atoms in total. The molecule has 2 aliphatic rings. The van der Waals surface area contributed by atoms with E-state index in [1.807, 2.05) is 23.1 Å². The maximum Gasteiger partial charge on any atom is 0.416 e. The predicted octanol–water partition coefficient (Wildman–Crippen LogP) is 4.01. The van der Waals surface area contributed by atoms with Crippen molar-refractivity contribution in [1.29, 1.82) is 0 Å². The van der Waals surface area contributed by atoms with Crippen LogP contribution in [0, 0.1) is 0 Å². The number of imidazole rings is 1. The van der Waals surface area contributed by atoms with E-state index in [0.717, 1.165) is 60.5 Å². The van der Waals surface area contributed by atoms with Gasteiger partial charge >= 0.3 is 6.18 Å². The van der Waals surface area contributed by atoms with E-state index < -0.39 is 11.7 Å². The third-order valence-corrected chi connectivity index (χ3v) is 6.82. The zero-order valence-electron chi connectivity index (χ0n) is 18.9. The molecule has 1 aromatic heterocycles. The lowest BCUT2D eigenvalue weighted by Crippen LogP contribution is -2.48. The zero-order chi connectivity index (χ0) is 23.7. The van der Waals surface area contributed by atoms with Crippen LogP contribution >= 0.6 is 0 Å². The Balaban J connectivity index is 1.19. The second kappa shape index (κ2) is 9.38. The van der Waals surface area contributed by atoms with E-state index in [9.17, 15) is 18.0 Å². The molecule has 9 heteroatoms. The minimum Gasteiger partial charge on any atom is -0.342 e. The highest BCUT2D eigenvalue weighted by Gasteiger charge is 2.30. The van der Waals surface area contributed by atoms with Crippen molar-refractivity contribution in [1.82, 2.24) is 25.1 Å². The van der Waals surface area contributed by atoms with Crippen LogP contribution < -0.4 is 5.32 Å². The number of rotatable bonds is 4. The molecule has 2 saturated heterocycles. The SMILES string of the molecule is O=C(c1ccc2nc(C3CCNCC3)[nH]c2c1)N1CCN(Cc2ccc(C(F)(F)F)cc2)CC1. The molecule has 2 aliphatic heterocycles. The number of carbonyl (C=O) groups is 1. The Morgan fingerprint density at radius 3 is 2.38 bits per heavy atom. The second-order valence-electron chi connectivity index (χ2n) is 9.14. The summed E-state index contributed by atoms with van der Waals surface area (Å²) in [6, 6.07) is 10.9. The number of amides is 1. The molecule has 2 fully saturated rings. The number of benzene rings is 2. The molecule has 5 rings (SSSR count). The standard InChI is InChI=1S/C25H28F3N5O/c26-25(27,28)20-4-1-17(2-5-20)16-32-11-13-33(14-12-32)24(34)19-3-6-21-22(15-19)31-23(30-21)18-7-9-29-10-8-18/h1-6,15,18,29H,7-14,16H2,(H,30,31). The van der Waals surface area contributed by atoms with Crippen molar-refractivity contribution in [2.24, 2.45) is 0 Å². The number of piperidine rings is 1. The number of aromatic nitrogens is 2. The molecule has 2 N–H and O–H groups in total. The van der Waals surface area contributed by atoms with Gasteiger partial charge in [-0.1, -0.05) is 12.1 Å². The maximum atomic E-state index is 13.1. The van der Waals surface area contributed by atoms with Gasteiger partial charge in [0.1, 0.15) is 5.82 Å². The van der Waals surface area contributed by atoms with Crippen LogP contribution in [0.1, 0.15) is 46.1 Å². The molecule has 1 amide bonds. The smallest absolute Gasteiger partial charge is 0.342 e. The van der Waals surface area contributed by atoms with Crippen LogP contribution in [-0.4, -0.2) is 64.9 Å². The fraction of sp³-hybridized carbons (Fsp3) is 0.440. The first-order valence-electron chi connectivity index (χ1n) is 11.7. The van der Waals surface area contributed by atoms with Gasteiger partial charge in [-0.25, -0.2) is 4.98 Å². The number of carbonyl (C=O) groups excluding carboxylic acids is 1. The van der Waals surface area contributed by atoms with Gasteiger partial charge in [0.25, 0.3) is 5.91 Å². The molecule has 180 valence electrons. The lowest BCUT2D eigenvalue weighted by molar-refractivity contribution is -0.137. The number of H-pyrrole nitrogens is 1. The summed E-state index contributed by atoms with van der Waals surface area (Å²) in [4.78, 5) is 25.3. The van der Waals surface area contributed by atoms with E-state index in [-0.39, 0.29) is 5.91 Å². The van der Waals surface area contributed by atoms with Gasteiger partial charge in [0.05, 0.1) is 16.6 Å². The van der Waals surface area contributed by atoms with Crippen LogP contribution in [0.3, 0.4) is 0 Å². The van der Waals surface area contributed by atoms with Gasteiger partial charge in [0, 0.05) is 44.2 Å². The van der Waals surface area contributed by atoms with Gasteiger partial charge in [-0.3, -0.25) is 9.69 Å². The molecule has 0 spiro atoms. The zero-order valence-corrected chi connectivity index (χ0v) is 18.9. The van der Waals surface area contributed by atoms with Crippen molar-refractivity contribution in [2.75, 3.05) is 39.3 Å². The van der Waals surface area contributed by atoms with Crippen LogP contribution in [0.15, 0.2) is 42.5 Å². The van der Waals surface area contributed by atoms with Crippen LogP contribution in [0.25, 0.3) is 11.0 Å². The summed E-state index contributed by atoms with van der Waals surface area (Å²) in [5.41, 5.74) is 2.61. The number of hydrogen-bond acceptors (Lipinski definition) is 4.